The van der Waals surface area contributed by atoms with Crippen LogP contribution in [0.25, 0.3) is 0 Å². The average molecular weight is 234 g/mol. The Morgan fingerprint density at radius 2 is 2.35 bits per heavy atom. The quantitative estimate of drug-likeness (QED) is 0.850. The van der Waals surface area contributed by atoms with Gasteiger partial charge in [0.2, 0.25) is 5.88 Å². The highest BCUT2D eigenvalue weighted by Crippen LogP contribution is 2.28. The summed E-state index contributed by atoms with van der Waals surface area (Å²) in [6.07, 6.45) is 7.17. The molecule has 3 nitrogen and oxygen atoms in total. The van der Waals surface area contributed by atoms with Crippen LogP contribution in [0.1, 0.15) is 38.2 Å². The molecular formula is C14H22N2O. The first-order valence-electron chi connectivity index (χ1n) is 6.55. The predicted molar refractivity (Wildman–Crippen MR) is 69.0 cm³/mol. The van der Waals surface area contributed by atoms with E-state index in [9.17, 15) is 0 Å². The summed E-state index contributed by atoms with van der Waals surface area (Å²) < 4.78 is 5.13. The molecule has 1 heterocycles. The molecule has 0 aliphatic heterocycles. The third kappa shape index (κ3) is 3.19. The highest BCUT2D eigenvalue weighted by molar-refractivity contribution is 5.20. The Kier molecular flexibility index (Phi) is 4.37. The van der Waals surface area contributed by atoms with E-state index < -0.39 is 0 Å². The maximum Gasteiger partial charge on any atom is 0.213 e. The predicted octanol–water partition coefficient (Wildman–Crippen LogP) is 2.76. The van der Waals surface area contributed by atoms with E-state index in [1.807, 2.05) is 18.3 Å². The molecule has 94 valence electrons. The van der Waals surface area contributed by atoms with Crippen molar-refractivity contribution in [3.63, 3.8) is 0 Å². The number of pyridine rings is 1. The molecule has 0 saturated heterocycles. The number of nitrogens with zero attached hydrogens (tertiary/aromatic N) is 1. The van der Waals surface area contributed by atoms with E-state index in [4.69, 9.17) is 4.74 Å². The van der Waals surface area contributed by atoms with Crippen LogP contribution in [0.4, 0.5) is 0 Å². The van der Waals surface area contributed by atoms with E-state index in [1.54, 1.807) is 7.11 Å². The van der Waals surface area contributed by atoms with Crippen LogP contribution in [-0.4, -0.2) is 18.1 Å². The topological polar surface area (TPSA) is 34.2 Å². The molecule has 0 radical (unpaired) electrons. The molecule has 0 spiro atoms. The fourth-order valence-corrected chi connectivity index (χ4v) is 2.72. The molecule has 1 saturated carbocycles. The maximum atomic E-state index is 5.13. The number of hydrogen-bond donors (Lipinski definition) is 1. The first-order valence-corrected chi connectivity index (χ1v) is 6.55. The summed E-state index contributed by atoms with van der Waals surface area (Å²) in [5.41, 5.74) is 1.25. The molecule has 2 atom stereocenters. The van der Waals surface area contributed by atoms with Crippen molar-refractivity contribution < 1.29 is 4.74 Å². The zero-order valence-electron chi connectivity index (χ0n) is 10.8. The number of hydrogen-bond acceptors (Lipinski definition) is 3. The van der Waals surface area contributed by atoms with Crippen molar-refractivity contribution >= 4 is 0 Å². The Morgan fingerprint density at radius 1 is 1.47 bits per heavy atom. The zero-order valence-corrected chi connectivity index (χ0v) is 10.8. The van der Waals surface area contributed by atoms with Gasteiger partial charge in [-0.2, -0.15) is 0 Å². The van der Waals surface area contributed by atoms with Gasteiger partial charge >= 0.3 is 0 Å². The second kappa shape index (κ2) is 6.01. The molecule has 1 fully saturated rings. The number of ether oxygens (including phenoxy) is 1. The largest absolute Gasteiger partial charge is 0.481 e. The maximum absolute atomic E-state index is 5.13. The minimum absolute atomic E-state index is 0.694. The van der Waals surface area contributed by atoms with Crippen molar-refractivity contribution in [2.75, 3.05) is 7.11 Å². The Labute approximate surface area is 104 Å². The summed E-state index contributed by atoms with van der Waals surface area (Å²) >= 11 is 0. The minimum atomic E-state index is 0.694. The Morgan fingerprint density at radius 3 is 3.12 bits per heavy atom. The first kappa shape index (κ1) is 12.4. The second-order valence-electron chi connectivity index (χ2n) is 4.79. The van der Waals surface area contributed by atoms with Gasteiger partial charge in [-0.1, -0.05) is 19.8 Å². The van der Waals surface area contributed by atoms with Gasteiger partial charge in [0.1, 0.15) is 0 Å². The standard InChI is InChI=1S/C14H22N2O/c1-3-12-5-4-6-13(12)16-10-11-7-8-15-14(9-11)17-2/h7-9,12-13,16H,3-6,10H2,1-2H3. The summed E-state index contributed by atoms with van der Waals surface area (Å²) in [6, 6.07) is 4.74. The van der Waals surface area contributed by atoms with Crippen molar-refractivity contribution in [2.45, 2.75) is 45.2 Å². The number of aromatic nitrogens is 1. The van der Waals surface area contributed by atoms with Crippen molar-refractivity contribution in [3.05, 3.63) is 23.9 Å². The third-order valence-electron chi connectivity index (χ3n) is 3.76. The van der Waals surface area contributed by atoms with E-state index in [2.05, 4.69) is 17.2 Å². The van der Waals surface area contributed by atoms with Gasteiger partial charge in [0.15, 0.2) is 0 Å². The van der Waals surface area contributed by atoms with Crippen molar-refractivity contribution in [3.8, 4) is 5.88 Å². The lowest BCUT2D eigenvalue weighted by Gasteiger charge is -2.19. The van der Waals surface area contributed by atoms with Gasteiger partial charge < -0.3 is 10.1 Å². The summed E-state index contributed by atoms with van der Waals surface area (Å²) in [5, 5.41) is 3.67. The molecule has 2 unspecified atom stereocenters. The molecule has 1 N–H and O–H groups in total. The fraction of sp³-hybridized carbons (Fsp3) is 0.643. The smallest absolute Gasteiger partial charge is 0.213 e. The number of nitrogens with one attached hydrogen (secondary N) is 1. The molecule has 1 aliphatic rings. The summed E-state index contributed by atoms with van der Waals surface area (Å²) in [6.45, 7) is 3.21. The summed E-state index contributed by atoms with van der Waals surface area (Å²) in [5.74, 6) is 1.56. The molecule has 1 aromatic heterocycles. The molecule has 0 bridgehead atoms. The number of methoxy groups -OCH3 is 1. The lowest BCUT2D eigenvalue weighted by molar-refractivity contribution is 0.385. The van der Waals surface area contributed by atoms with E-state index >= 15 is 0 Å². The SMILES string of the molecule is CCC1CCCC1NCc1ccnc(OC)c1. The first-order chi connectivity index (χ1) is 8.33. The Balaban J connectivity index is 1.88. The Hall–Kier alpha value is -1.09. The van der Waals surface area contributed by atoms with Gasteiger partial charge in [0.25, 0.3) is 0 Å². The summed E-state index contributed by atoms with van der Waals surface area (Å²) in [7, 11) is 1.66. The van der Waals surface area contributed by atoms with Gasteiger partial charge in [0, 0.05) is 24.8 Å². The summed E-state index contributed by atoms with van der Waals surface area (Å²) in [4.78, 5) is 4.12. The van der Waals surface area contributed by atoms with Gasteiger partial charge in [-0.05, 0) is 30.4 Å². The van der Waals surface area contributed by atoms with E-state index in [1.165, 1.54) is 31.2 Å². The van der Waals surface area contributed by atoms with Crippen LogP contribution in [0.3, 0.4) is 0 Å². The molecule has 3 heteroatoms. The molecule has 1 aliphatic carbocycles. The van der Waals surface area contributed by atoms with Crippen LogP contribution in [-0.2, 0) is 6.54 Å². The highest BCUT2D eigenvalue weighted by atomic mass is 16.5. The lowest BCUT2D eigenvalue weighted by Crippen LogP contribution is -2.31. The van der Waals surface area contributed by atoms with Gasteiger partial charge in [-0.3, -0.25) is 0 Å². The van der Waals surface area contributed by atoms with Crippen molar-refractivity contribution in [1.29, 1.82) is 0 Å². The van der Waals surface area contributed by atoms with Crippen LogP contribution in [0.5, 0.6) is 5.88 Å². The molecule has 2 rings (SSSR count). The van der Waals surface area contributed by atoms with Crippen LogP contribution in [0, 0.1) is 5.92 Å². The third-order valence-corrected chi connectivity index (χ3v) is 3.76. The Bertz CT molecular complexity index is 354. The number of rotatable bonds is 5. The van der Waals surface area contributed by atoms with Gasteiger partial charge in [-0.25, -0.2) is 4.98 Å². The van der Waals surface area contributed by atoms with Crippen LogP contribution in [0.15, 0.2) is 18.3 Å². The lowest BCUT2D eigenvalue weighted by atomic mass is 10.0. The van der Waals surface area contributed by atoms with Gasteiger partial charge in [0.05, 0.1) is 7.11 Å². The van der Waals surface area contributed by atoms with E-state index in [0.717, 1.165) is 12.5 Å². The van der Waals surface area contributed by atoms with E-state index in [-0.39, 0.29) is 0 Å². The van der Waals surface area contributed by atoms with Crippen molar-refractivity contribution in [2.24, 2.45) is 5.92 Å². The van der Waals surface area contributed by atoms with E-state index in [0.29, 0.717) is 11.9 Å². The van der Waals surface area contributed by atoms with Crippen LogP contribution in [0.2, 0.25) is 0 Å². The second-order valence-corrected chi connectivity index (χ2v) is 4.79. The average Bonchev–Trinajstić information content (AvgIpc) is 2.84. The zero-order chi connectivity index (χ0) is 12.1. The monoisotopic (exact) mass is 234 g/mol. The fourth-order valence-electron chi connectivity index (χ4n) is 2.72. The van der Waals surface area contributed by atoms with Crippen LogP contribution < -0.4 is 10.1 Å². The van der Waals surface area contributed by atoms with Crippen LogP contribution >= 0.6 is 0 Å². The molecular weight excluding hydrogens is 212 g/mol. The van der Waals surface area contributed by atoms with Gasteiger partial charge in [-0.15, -0.1) is 0 Å². The minimum Gasteiger partial charge on any atom is -0.481 e. The molecule has 17 heavy (non-hydrogen) atoms. The van der Waals surface area contributed by atoms with Crippen molar-refractivity contribution in [1.82, 2.24) is 10.3 Å². The normalized spacial score (nSPS) is 23.9. The highest BCUT2D eigenvalue weighted by Gasteiger charge is 2.24. The molecule has 0 amide bonds. The molecule has 1 aromatic rings. The molecule has 0 aromatic carbocycles.